The van der Waals surface area contributed by atoms with Crippen LogP contribution in [0.25, 0.3) is 0 Å². The normalized spacial score (nSPS) is 14.2. The molecule has 4 rings (SSSR count). The van der Waals surface area contributed by atoms with E-state index in [2.05, 4.69) is 35.2 Å². The van der Waals surface area contributed by atoms with E-state index in [9.17, 15) is 17.6 Å². The predicted molar refractivity (Wildman–Crippen MR) is 135 cm³/mol. The molecule has 2 aromatic carbocycles. The Bertz CT molecular complexity index is 1240. The molecule has 1 N–H and O–H groups in total. The minimum absolute atomic E-state index is 0.0218. The lowest BCUT2D eigenvalue weighted by molar-refractivity contribution is -0.253. The molecule has 39 heavy (non-hydrogen) atoms. The van der Waals surface area contributed by atoms with Gasteiger partial charge in [0.25, 0.3) is 5.95 Å². The summed E-state index contributed by atoms with van der Waals surface area (Å²) in [6.45, 7) is 4.80. The number of alkyl halides is 4. The molecule has 0 bridgehead atoms. The molecule has 1 aliphatic rings. The molecule has 2 heterocycles. The molecule has 0 unspecified atom stereocenters. The predicted octanol–water partition coefficient (Wildman–Crippen LogP) is 5.76. The summed E-state index contributed by atoms with van der Waals surface area (Å²) >= 11 is 0. The van der Waals surface area contributed by atoms with Gasteiger partial charge in [-0.3, -0.25) is 0 Å². The van der Waals surface area contributed by atoms with Crippen LogP contribution >= 0.6 is 0 Å². The Kier molecular flexibility index (Phi) is 9.41. The monoisotopic (exact) mass is 549 g/mol. The average molecular weight is 550 g/mol. The van der Waals surface area contributed by atoms with E-state index in [-0.39, 0.29) is 18.4 Å². The topological polar surface area (TPSA) is 106 Å². The zero-order valence-electron chi connectivity index (χ0n) is 21.1. The van der Waals surface area contributed by atoms with Crippen LogP contribution in [0.15, 0.2) is 58.8 Å². The second-order valence-electron chi connectivity index (χ2n) is 8.37. The molecule has 0 saturated carbocycles. The van der Waals surface area contributed by atoms with Crippen molar-refractivity contribution < 1.29 is 31.8 Å². The van der Waals surface area contributed by atoms with E-state index >= 15 is 0 Å². The summed E-state index contributed by atoms with van der Waals surface area (Å²) in [6.07, 6.45) is -7.66. The van der Waals surface area contributed by atoms with Crippen molar-refractivity contribution >= 4 is 23.5 Å². The number of anilines is 3. The summed E-state index contributed by atoms with van der Waals surface area (Å²) in [5.74, 6) is 0.979. The Morgan fingerprint density at radius 1 is 1.05 bits per heavy atom. The molecule has 3 aromatic rings. The van der Waals surface area contributed by atoms with E-state index in [0.717, 1.165) is 23.9 Å². The SMILES string of the molecule is CCCOc1ccc(Nc2nc(N=NCc3cccc(OC(F)(F)C(F)F)c3)nc(N3CCOCC3)n2)cc1. The average Bonchev–Trinajstić information content (AvgIpc) is 2.93. The van der Waals surface area contributed by atoms with Crippen molar-refractivity contribution in [3.63, 3.8) is 0 Å². The lowest BCUT2D eigenvalue weighted by atomic mass is 10.2. The van der Waals surface area contributed by atoms with E-state index in [0.29, 0.717) is 44.4 Å². The molecule has 0 atom stereocenters. The summed E-state index contributed by atoms with van der Waals surface area (Å²) in [6, 6.07) is 12.6. The highest BCUT2D eigenvalue weighted by Crippen LogP contribution is 2.28. The number of azo groups is 1. The Morgan fingerprint density at radius 2 is 1.82 bits per heavy atom. The molecule has 14 heteroatoms. The zero-order chi connectivity index (χ0) is 27.7. The molecule has 1 aromatic heterocycles. The number of nitrogens with one attached hydrogen (secondary N) is 1. The van der Waals surface area contributed by atoms with Gasteiger partial charge in [-0.05, 0) is 48.4 Å². The number of nitrogens with zero attached hydrogens (tertiary/aromatic N) is 6. The van der Waals surface area contributed by atoms with Crippen molar-refractivity contribution in [1.82, 2.24) is 15.0 Å². The minimum Gasteiger partial charge on any atom is -0.494 e. The highest BCUT2D eigenvalue weighted by Gasteiger charge is 2.43. The van der Waals surface area contributed by atoms with Crippen molar-refractivity contribution in [2.24, 2.45) is 10.2 Å². The zero-order valence-corrected chi connectivity index (χ0v) is 21.1. The molecule has 0 radical (unpaired) electrons. The van der Waals surface area contributed by atoms with Gasteiger partial charge in [-0.1, -0.05) is 19.1 Å². The second-order valence-corrected chi connectivity index (χ2v) is 8.37. The number of benzene rings is 2. The second kappa shape index (κ2) is 13.1. The van der Waals surface area contributed by atoms with Crippen LogP contribution in [-0.2, 0) is 11.3 Å². The Morgan fingerprint density at radius 3 is 2.54 bits per heavy atom. The fourth-order valence-corrected chi connectivity index (χ4v) is 3.43. The molecular weight excluding hydrogens is 522 g/mol. The summed E-state index contributed by atoms with van der Waals surface area (Å²) in [5, 5.41) is 11.3. The van der Waals surface area contributed by atoms with Gasteiger partial charge in [-0.25, -0.2) is 0 Å². The number of morpholine rings is 1. The number of rotatable bonds is 12. The van der Waals surface area contributed by atoms with E-state index < -0.39 is 18.3 Å². The number of halogens is 4. The third kappa shape index (κ3) is 8.21. The minimum atomic E-state index is -4.60. The van der Waals surface area contributed by atoms with E-state index in [1.807, 2.05) is 36.1 Å². The summed E-state index contributed by atoms with van der Waals surface area (Å²) in [7, 11) is 0. The van der Waals surface area contributed by atoms with Gasteiger partial charge in [0, 0.05) is 18.8 Å². The standard InChI is InChI=1S/C25H27F4N7O3/c1-2-12-38-19-8-6-18(7-9-19)31-22-32-23(34-24(33-22)36-10-13-37-14-11-36)35-30-16-17-4-3-5-20(15-17)39-25(28,29)21(26)27/h3-9,15,21H,2,10-14,16H2,1H3,(H,31,32,33,34). The third-order valence-corrected chi connectivity index (χ3v) is 5.31. The van der Waals surface area contributed by atoms with Crippen LogP contribution in [0.2, 0.25) is 0 Å². The maximum absolute atomic E-state index is 13.2. The highest BCUT2D eigenvalue weighted by atomic mass is 19.3. The molecule has 1 fully saturated rings. The van der Waals surface area contributed by atoms with Crippen LogP contribution < -0.4 is 19.7 Å². The Hall–Kier alpha value is -4.07. The number of aromatic nitrogens is 3. The van der Waals surface area contributed by atoms with Gasteiger partial charge < -0.3 is 24.4 Å². The maximum atomic E-state index is 13.2. The molecular formula is C25H27F4N7O3. The van der Waals surface area contributed by atoms with Crippen molar-refractivity contribution in [2.45, 2.75) is 32.4 Å². The maximum Gasteiger partial charge on any atom is 0.461 e. The first-order chi connectivity index (χ1) is 18.8. The smallest absolute Gasteiger partial charge is 0.461 e. The lowest BCUT2D eigenvalue weighted by Crippen LogP contribution is -2.37. The first-order valence-electron chi connectivity index (χ1n) is 12.2. The van der Waals surface area contributed by atoms with E-state index in [1.54, 1.807) is 6.07 Å². The summed E-state index contributed by atoms with van der Waals surface area (Å²) in [5.41, 5.74) is 1.13. The summed E-state index contributed by atoms with van der Waals surface area (Å²) < 4.78 is 66.5. The third-order valence-electron chi connectivity index (χ3n) is 5.31. The number of hydrogen-bond acceptors (Lipinski definition) is 10. The lowest BCUT2D eigenvalue weighted by Gasteiger charge is -2.26. The van der Waals surface area contributed by atoms with Crippen LogP contribution in [0, 0.1) is 0 Å². The van der Waals surface area contributed by atoms with Gasteiger partial charge in [0.2, 0.25) is 11.9 Å². The van der Waals surface area contributed by atoms with Crippen LogP contribution in [-0.4, -0.2) is 60.4 Å². The van der Waals surface area contributed by atoms with Crippen molar-refractivity contribution in [3.05, 3.63) is 54.1 Å². The van der Waals surface area contributed by atoms with Gasteiger partial charge in [0.1, 0.15) is 11.5 Å². The van der Waals surface area contributed by atoms with Crippen LogP contribution in [0.5, 0.6) is 11.5 Å². The molecule has 1 saturated heterocycles. The van der Waals surface area contributed by atoms with Crippen molar-refractivity contribution in [1.29, 1.82) is 0 Å². The van der Waals surface area contributed by atoms with Crippen molar-refractivity contribution in [3.8, 4) is 11.5 Å². The Labute approximate surface area is 222 Å². The van der Waals surface area contributed by atoms with Crippen molar-refractivity contribution in [2.75, 3.05) is 43.1 Å². The fraction of sp³-hybridized carbons (Fsp3) is 0.400. The van der Waals surface area contributed by atoms with Gasteiger partial charge >= 0.3 is 12.5 Å². The molecule has 0 aliphatic carbocycles. The van der Waals surface area contributed by atoms with E-state index in [1.165, 1.54) is 12.1 Å². The highest BCUT2D eigenvalue weighted by molar-refractivity contribution is 5.56. The van der Waals surface area contributed by atoms with E-state index in [4.69, 9.17) is 9.47 Å². The largest absolute Gasteiger partial charge is 0.494 e. The molecule has 10 nitrogen and oxygen atoms in total. The Balaban J connectivity index is 1.50. The van der Waals surface area contributed by atoms with Crippen LogP contribution in [0.3, 0.4) is 0 Å². The van der Waals surface area contributed by atoms with Gasteiger partial charge in [-0.2, -0.15) is 37.6 Å². The number of hydrogen-bond donors (Lipinski definition) is 1. The molecule has 1 aliphatic heterocycles. The first-order valence-corrected chi connectivity index (χ1v) is 12.2. The quantitative estimate of drug-likeness (QED) is 0.225. The van der Waals surface area contributed by atoms with Crippen LogP contribution in [0.1, 0.15) is 18.9 Å². The molecule has 208 valence electrons. The fourth-order valence-electron chi connectivity index (χ4n) is 3.43. The first kappa shape index (κ1) is 28.0. The van der Waals surface area contributed by atoms with Gasteiger partial charge in [-0.15, -0.1) is 5.11 Å². The van der Waals surface area contributed by atoms with Crippen LogP contribution in [0.4, 0.5) is 41.1 Å². The summed E-state index contributed by atoms with van der Waals surface area (Å²) in [4.78, 5) is 15.1. The van der Waals surface area contributed by atoms with Gasteiger partial charge in [0.05, 0.1) is 26.4 Å². The molecule has 0 spiro atoms. The van der Waals surface area contributed by atoms with Gasteiger partial charge in [0.15, 0.2) is 0 Å². The molecule has 0 amide bonds. The number of ether oxygens (including phenoxy) is 3.